The van der Waals surface area contributed by atoms with Crippen molar-refractivity contribution in [1.82, 2.24) is 5.32 Å². The second-order valence-corrected chi connectivity index (χ2v) is 4.20. The van der Waals surface area contributed by atoms with Crippen molar-refractivity contribution in [2.24, 2.45) is 0 Å². The number of amides is 1. The third kappa shape index (κ3) is 2.16. The molecule has 1 N–H and O–H groups in total. The molecule has 1 fully saturated rings. The highest BCUT2D eigenvalue weighted by atomic mass is 16.1. The molecule has 1 aromatic carbocycles. The van der Waals surface area contributed by atoms with Gasteiger partial charge in [-0.25, -0.2) is 0 Å². The lowest BCUT2D eigenvalue weighted by Crippen LogP contribution is -2.34. The van der Waals surface area contributed by atoms with Crippen molar-refractivity contribution in [3.05, 3.63) is 35.4 Å². The fourth-order valence-electron chi connectivity index (χ4n) is 1.35. The van der Waals surface area contributed by atoms with Crippen molar-refractivity contribution >= 4 is 5.91 Å². The zero-order chi connectivity index (χ0) is 10.9. The highest BCUT2D eigenvalue weighted by Crippen LogP contribution is 2.34. The Morgan fingerprint density at radius 3 is 2.47 bits per heavy atom. The molecule has 1 aliphatic carbocycles. The Morgan fingerprint density at radius 1 is 1.40 bits per heavy atom. The molecule has 0 unspecified atom stereocenters. The molecule has 0 aliphatic heterocycles. The molecule has 0 heterocycles. The van der Waals surface area contributed by atoms with E-state index in [2.05, 4.69) is 5.32 Å². The first-order chi connectivity index (χ1) is 7.13. The summed E-state index contributed by atoms with van der Waals surface area (Å²) in [5.74, 6) is -0.0560. The predicted octanol–water partition coefficient (Wildman–Crippen LogP) is 1.84. The van der Waals surface area contributed by atoms with E-state index in [-0.39, 0.29) is 11.4 Å². The first-order valence-electron chi connectivity index (χ1n) is 4.96. The highest BCUT2D eigenvalue weighted by molar-refractivity contribution is 5.95. The van der Waals surface area contributed by atoms with Crippen LogP contribution in [0.1, 0.15) is 35.7 Å². The third-order valence-electron chi connectivity index (χ3n) is 2.69. The Kier molecular flexibility index (Phi) is 2.20. The maximum absolute atomic E-state index is 11.7. The lowest BCUT2D eigenvalue weighted by molar-refractivity contribution is 0.0935. The summed E-state index contributed by atoms with van der Waals surface area (Å²) in [6.45, 7) is 2.04. The molecule has 0 radical (unpaired) electrons. The van der Waals surface area contributed by atoms with Crippen LogP contribution in [0.5, 0.6) is 0 Å². The van der Waals surface area contributed by atoms with Crippen LogP contribution in [-0.2, 0) is 0 Å². The lowest BCUT2D eigenvalue weighted by Gasteiger charge is -2.10. The zero-order valence-corrected chi connectivity index (χ0v) is 8.58. The first kappa shape index (κ1) is 9.72. The molecule has 3 nitrogen and oxygen atoms in total. The number of hydrogen-bond donors (Lipinski definition) is 1. The Labute approximate surface area is 88.7 Å². The third-order valence-corrected chi connectivity index (χ3v) is 2.69. The largest absolute Gasteiger partial charge is 0.347 e. The van der Waals surface area contributed by atoms with Gasteiger partial charge in [-0.2, -0.15) is 5.26 Å². The van der Waals surface area contributed by atoms with E-state index in [1.54, 1.807) is 24.3 Å². The van der Waals surface area contributed by atoms with Crippen LogP contribution in [0.25, 0.3) is 0 Å². The predicted molar refractivity (Wildman–Crippen MR) is 56.3 cm³/mol. The maximum atomic E-state index is 11.7. The van der Waals surface area contributed by atoms with Crippen LogP contribution in [0.3, 0.4) is 0 Å². The monoisotopic (exact) mass is 200 g/mol. The molecular weight excluding hydrogens is 188 g/mol. The summed E-state index contributed by atoms with van der Waals surface area (Å²) in [6.07, 6.45) is 2.10. The van der Waals surface area contributed by atoms with Crippen molar-refractivity contribution in [3.8, 4) is 6.07 Å². The molecule has 0 aromatic heterocycles. The Morgan fingerprint density at radius 2 is 2.00 bits per heavy atom. The van der Waals surface area contributed by atoms with E-state index in [0.29, 0.717) is 11.1 Å². The average Bonchev–Trinajstić information content (AvgIpc) is 2.96. The summed E-state index contributed by atoms with van der Waals surface area (Å²) < 4.78 is 0. The number of hydrogen-bond acceptors (Lipinski definition) is 2. The zero-order valence-electron chi connectivity index (χ0n) is 8.58. The molecule has 15 heavy (non-hydrogen) atoms. The minimum Gasteiger partial charge on any atom is -0.347 e. The summed E-state index contributed by atoms with van der Waals surface area (Å²) >= 11 is 0. The van der Waals surface area contributed by atoms with Gasteiger partial charge in [0.15, 0.2) is 0 Å². The van der Waals surface area contributed by atoms with Gasteiger partial charge in [-0.3, -0.25) is 4.79 Å². The standard InChI is InChI=1S/C12H12N2O/c1-12(6-7-12)14-11(15)10-4-2-9(8-13)3-5-10/h2-5H,6-7H2,1H3,(H,14,15). The van der Waals surface area contributed by atoms with Crippen molar-refractivity contribution in [2.45, 2.75) is 25.3 Å². The molecule has 0 spiro atoms. The number of nitrogens with one attached hydrogen (secondary N) is 1. The summed E-state index contributed by atoms with van der Waals surface area (Å²) in [5, 5.41) is 11.6. The SMILES string of the molecule is CC1(NC(=O)c2ccc(C#N)cc2)CC1. The second kappa shape index (κ2) is 3.39. The second-order valence-electron chi connectivity index (χ2n) is 4.20. The molecule has 1 aromatic rings. The number of carbonyl (C=O) groups is 1. The van der Waals surface area contributed by atoms with Crippen LogP contribution in [0, 0.1) is 11.3 Å². The van der Waals surface area contributed by atoms with E-state index in [4.69, 9.17) is 5.26 Å². The first-order valence-corrected chi connectivity index (χ1v) is 4.96. The minimum absolute atomic E-state index is 0.00494. The smallest absolute Gasteiger partial charge is 0.251 e. The van der Waals surface area contributed by atoms with Gasteiger partial charge in [0, 0.05) is 11.1 Å². The number of carbonyl (C=O) groups excluding carboxylic acids is 1. The van der Waals surface area contributed by atoms with Crippen molar-refractivity contribution in [1.29, 1.82) is 5.26 Å². The van der Waals surface area contributed by atoms with Crippen LogP contribution in [0.2, 0.25) is 0 Å². The fraction of sp³-hybridized carbons (Fsp3) is 0.333. The molecule has 0 saturated heterocycles. The van der Waals surface area contributed by atoms with E-state index < -0.39 is 0 Å². The number of nitriles is 1. The Hall–Kier alpha value is -1.82. The van der Waals surface area contributed by atoms with Gasteiger partial charge in [-0.1, -0.05) is 0 Å². The lowest BCUT2D eigenvalue weighted by atomic mass is 10.1. The van der Waals surface area contributed by atoms with Crippen LogP contribution in [-0.4, -0.2) is 11.4 Å². The van der Waals surface area contributed by atoms with Crippen molar-refractivity contribution < 1.29 is 4.79 Å². The number of nitrogens with zero attached hydrogens (tertiary/aromatic N) is 1. The molecule has 1 aliphatic rings. The number of rotatable bonds is 2. The summed E-state index contributed by atoms with van der Waals surface area (Å²) in [5.41, 5.74) is 1.19. The highest BCUT2D eigenvalue weighted by Gasteiger charge is 2.38. The maximum Gasteiger partial charge on any atom is 0.251 e. The van der Waals surface area contributed by atoms with E-state index in [9.17, 15) is 4.79 Å². The summed E-state index contributed by atoms with van der Waals surface area (Å²) in [6, 6.07) is 8.70. The number of benzene rings is 1. The van der Waals surface area contributed by atoms with Crippen LogP contribution >= 0.6 is 0 Å². The van der Waals surface area contributed by atoms with Crippen molar-refractivity contribution in [3.63, 3.8) is 0 Å². The normalized spacial score (nSPS) is 16.5. The molecule has 2 rings (SSSR count). The van der Waals surface area contributed by atoms with E-state index in [1.165, 1.54) is 0 Å². The molecule has 0 atom stereocenters. The van der Waals surface area contributed by atoms with E-state index in [1.807, 2.05) is 13.0 Å². The molecule has 1 saturated carbocycles. The summed E-state index contributed by atoms with van der Waals surface area (Å²) in [7, 11) is 0. The van der Waals surface area contributed by atoms with Gasteiger partial charge in [0.25, 0.3) is 5.91 Å². The molecule has 0 bridgehead atoms. The topological polar surface area (TPSA) is 52.9 Å². The van der Waals surface area contributed by atoms with Gasteiger partial charge in [0.1, 0.15) is 0 Å². The minimum atomic E-state index is -0.0560. The van der Waals surface area contributed by atoms with E-state index in [0.717, 1.165) is 12.8 Å². The fourth-order valence-corrected chi connectivity index (χ4v) is 1.35. The quantitative estimate of drug-likeness (QED) is 0.792. The summed E-state index contributed by atoms with van der Waals surface area (Å²) in [4.78, 5) is 11.7. The van der Waals surface area contributed by atoms with E-state index >= 15 is 0 Å². The molecule has 3 heteroatoms. The van der Waals surface area contributed by atoms with Gasteiger partial charge >= 0.3 is 0 Å². The van der Waals surface area contributed by atoms with Crippen molar-refractivity contribution in [2.75, 3.05) is 0 Å². The van der Waals surface area contributed by atoms with Gasteiger partial charge in [-0.05, 0) is 44.0 Å². The van der Waals surface area contributed by atoms with Gasteiger partial charge < -0.3 is 5.32 Å². The Bertz CT molecular complexity index is 424. The molecule has 76 valence electrons. The van der Waals surface area contributed by atoms with Crippen LogP contribution in [0.15, 0.2) is 24.3 Å². The molecular formula is C12H12N2O. The Balaban J connectivity index is 2.09. The average molecular weight is 200 g/mol. The van der Waals surface area contributed by atoms with Crippen LogP contribution < -0.4 is 5.32 Å². The van der Waals surface area contributed by atoms with Gasteiger partial charge in [0.05, 0.1) is 11.6 Å². The van der Waals surface area contributed by atoms with Gasteiger partial charge in [0.2, 0.25) is 0 Å². The van der Waals surface area contributed by atoms with Crippen LogP contribution in [0.4, 0.5) is 0 Å². The molecule has 1 amide bonds. The van der Waals surface area contributed by atoms with Gasteiger partial charge in [-0.15, -0.1) is 0 Å².